The molecule has 0 bridgehead atoms. The fraction of sp³-hybridized carbons (Fsp3) is 0.222. The molecule has 1 amide bonds. The fourth-order valence-electron chi connectivity index (χ4n) is 2.55. The molecule has 3 aromatic rings. The van der Waals surface area contributed by atoms with Gasteiger partial charge in [-0.3, -0.25) is 4.79 Å². The first-order valence-corrected chi connectivity index (χ1v) is 8.72. The average molecular weight is 379 g/mol. The van der Waals surface area contributed by atoms with Gasteiger partial charge in [-0.1, -0.05) is 23.9 Å². The highest BCUT2D eigenvalue weighted by atomic mass is 32.2. The van der Waals surface area contributed by atoms with E-state index >= 15 is 0 Å². The largest absolute Gasteiger partial charge is 0.340 e. The Morgan fingerprint density at radius 3 is 2.69 bits per heavy atom. The number of amides is 1. The number of carbonyl (C=O) groups excluding carboxylic acids is 1. The number of hydrogen-bond acceptors (Lipinski definition) is 3. The normalized spacial score (nSPS) is 12.3. The highest BCUT2D eigenvalue weighted by Crippen LogP contribution is 2.26. The van der Waals surface area contributed by atoms with Gasteiger partial charge in [-0.15, -0.1) is 0 Å². The minimum Gasteiger partial charge on any atom is -0.340 e. The maximum atomic E-state index is 13.3. The molecule has 26 heavy (non-hydrogen) atoms. The topological polar surface area (TPSA) is 49.0 Å². The summed E-state index contributed by atoms with van der Waals surface area (Å²) in [7, 11) is 1.63. The lowest BCUT2D eigenvalue weighted by Crippen LogP contribution is -2.32. The highest BCUT2D eigenvalue weighted by Gasteiger charge is 2.21. The number of hydrogen-bond donors (Lipinski definition) is 1. The number of benzene rings is 2. The second-order valence-electron chi connectivity index (χ2n) is 5.91. The standard InChI is InChI=1S/C18H16F3N3OS/c1-10(17(25)24(2)9-11-4-3-5-12(19)6-11)26-18-22-15-7-13(20)14(21)8-16(15)23-18/h3-8,10H,9H2,1-2H3,(H,22,23). The van der Waals surface area contributed by atoms with Gasteiger partial charge in [-0.05, 0) is 24.6 Å². The molecule has 0 spiro atoms. The molecule has 1 heterocycles. The average Bonchev–Trinajstić information content (AvgIpc) is 2.95. The molecule has 0 radical (unpaired) electrons. The molecular weight excluding hydrogens is 363 g/mol. The number of rotatable bonds is 5. The summed E-state index contributed by atoms with van der Waals surface area (Å²) in [5.41, 5.74) is 1.34. The molecule has 0 aliphatic heterocycles. The molecule has 4 nitrogen and oxygen atoms in total. The van der Waals surface area contributed by atoms with Gasteiger partial charge in [0, 0.05) is 25.7 Å². The molecular formula is C18H16F3N3OS. The highest BCUT2D eigenvalue weighted by molar-refractivity contribution is 8.00. The Balaban J connectivity index is 1.68. The second-order valence-corrected chi connectivity index (χ2v) is 7.24. The van der Waals surface area contributed by atoms with Gasteiger partial charge in [0.1, 0.15) is 5.82 Å². The van der Waals surface area contributed by atoms with E-state index in [9.17, 15) is 18.0 Å². The van der Waals surface area contributed by atoms with Crippen LogP contribution in [-0.2, 0) is 11.3 Å². The molecule has 8 heteroatoms. The first-order valence-electron chi connectivity index (χ1n) is 7.84. The first kappa shape index (κ1) is 18.3. The zero-order chi connectivity index (χ0) is 18.8. The zero-order valence-electron chi connectivity index (χ0n) is 14.1. The molecule has 136 valence electrons. The van der Waals surface area contributed by atoms with E-state index in [1.807, 2.05) is 0 Å². The van der Waals surface area contributed by atoms with Crippen molar-refractivity contribution < 1.29 is 18.0 Å². The van der Waals surface area contributed by atoms with Crippen LogP contribution in [0.2, 0.25) is 0 Å². The van der Waals surface area contributed by atoms with Gasteiger partial charge in [-0.2, -0.15) is 0 Å². The second kappa shape index (κ2) is 7.41. The van der Waals surface area contributed by atoms with Crippen LogP contribution in [-0.4, -0.2) is 33.1 Å². The number of thioether (sulfide) groups is 1. The SMILES string of the molecule is CC(Sc1nc2cc(F)c(F)cc2[nH]1)C(=O)N(C)Cc1cccc(F)c1. The number of aromatic nitrogens is 2. The van der Waals surface area contributed by atoms with Crippen LogP contribution in [0.3, 0.4) is 0 Å². The molecule has 1 N–H and O–H groups in total. The van der Waals surface area contributed by atoms with Gasteiger partial charge in [0.05, 0.1) is 16.3 Å². The van der Waals surface area contributed by atoms with Crippen LogP contribution in [0.15, 0.2) is 41.6 Å². The predicted molar refractivity (Wildman–Crippen MR) is 94.2 cm³/mol. The third kappa shape index (κ3) is 4.01. The number of nitrogens with one attached hydrogen (secondary N) is 1. The van der Waals surface area contributed by atoms with E-state index in [4.69, 9.17) is 0 Å². The minimum absolute atomic E-state index is 0.169. The van der Waals surface area contributed by atoms with Crippen LogP contribution in [0.5, 0.6) is 0 Å². The van der Waals surface area contributed by atoms with Crippen molar-refractivity contribution in [2.75, 3.05) is 7.05 Å². The first-order chi connectivity index (χ1) is 12.3. The lowest BCUT2D eigenvalue weighted by atomic mass is 10.2. The van der Waals surface area contributed by atoms with E-state index in [0.717, 1.165) is 23.9 Å². The van der Waals surface area contributed by atoms with Crippen LogP contribution in [0.1, 0.15) is 12.5 Å². The Morgan fingerprint density at radius 2 is 1.96 bits per heavy atom. The predicted octanol–water partition coefficient (Wildman–Crippen LogP) is 4.12. The molecule has 3 rings (SSSR count). The number of halogens is 3. The van der Waals surface area contributed by atoms with Gasteiger partial charge < -0.3 is 9.88 Å². The molecule has 0 aliphatic carbocycles. The van der Waals surface area contributed by atoms with E-state index in [2.05, 4.69) is 9.97 Å². The summed E-state index contributed by atoms with van der Waals surface area (Å²) in [5, 5.41) is -0.0891. The van der Waals surface area contributed by atoms with Gasteiger partial charge in [-0.25, -0.2) is 18.2 Å². The number of aromatic amines is 1. The smallest absolute Gasteiger partial charge is 0.235 e. The maximum Gasteiger partial charge on any atom is 0.235 e. The van der Waals surface area contributed by atoms with E-state index < -0.39 is 16.9 Å². The Hall–Kier alpha value is -2.48. The van der Waals surface area contributed by atoms with Gasteiger partial charge in [0.15, 0.2) is 16.8 Å². The summed E-state index contributed by atoms with van der Waals surface area (Å²) in [6.07, 6.45) is 0. The number of imidazole rings is 1. The molecule has 0 fully saturated rings. The number of carbonyl (C=O) groups is 1. The Morgan fingerprint density at radius 1 is 1.23 bits per heavy atom. The van der Waals surface area contributed by atoms with Gasteiger partial charge in [0.25, 0.3) is 0 Å². The zero-order valence-corrected chi connectivity index (χ0v) is 14.9. The maximum absolute atomic E-state index is 13.3. The van der Waals surface area contributed by atoms with Crippen molar-refractivity contribution in [2.45, 2.75) is 23.9 Å². The quantitative estimate of drug-likeness (QED) is 0.679. The number of H-pyrrole nitrogens is 1. The van der Waals surface area contributed by atoms with Crippen LogP contribution in [0.25, 0.3) is 11.0 Å². The summed E-state index contributed by atoms with van der Waals surface area (Å²) >= 11 is 1.15. The van der Waals surface area contributed by atoms with Crippen LogP contribution in [0, 0.1) is 17.5 Å². The Bertz CT molecular complexity index is 921. The lowest BCUT2D eigenvalue weighted by Gasteiger charge is -2.20. The van der Waals surface area contributed by atoms with Crippen molar-refractivity contribution in [1.82, 2.24) is 14.9 Å². The van der Waals surface area contributed by atoms with E-state index in [-0.39, 0.29) is 18.3 Å². The monoisotopic (exact) mass is 379 g/mol. The Labute approximate surface area is 152 Å². The molecule has 0 saturated carbocycles. The van der Waals surface area contributed by atoms with Crippen molar-refractivity contribution >= 4 is 28.7 Å². The van der Waals surface area contributed by atoms with Crippen molar-refractivity contribution in [2.24, 2.45) is 0 Å². The molecule has 0 aliphatic rings. The lowest BCUT2D eigenvalue weighted by molar-refractivity contribution is -0.129. The molecule has 1 aromatic heterocycles. The molecule has 1 unspecified atom stereocenters. The summed E-state index contributed by atoms with van der Waals surface area (Å²) in [6, 6.07) is 8.10. The van der Waals surface area contributed by atoms with E-state index in [1.54, 1.807) is 26.1 Å². The van der Waals surface area contributed by atoms with Crippen LogP contribution >= 0.6 is 11.8 Å². The van der Waals surface area contributed by atoms with Crippen molar-refractivity contribution in [3.63, 3.8) is 0 Å². The summed E-state index contributed by atoms with van der Waals surface area (Å²) < 4.78 is 39.8. The van der Waals surface area contributed by atoms with E-state index in [0.29, 0.717) is 21.8 Å². The number of nitrogens with zero attached hydrogens (tertiary/aromatic N) is 2. The summed E-state index contributed by atoms with van der Waals surface area (Å²) in [6.45, 7) is 1.99. The number of fused-ring (bicyclic) bond motifs is 1. The molecule has 2 aromatic carbocycles. The molecule has 0 saturated heterocycles. The van der Waals surface area contributed by atoms with Crippen molar-refractivity contribution in [1.29, 1.82) is 0 Å². The van der Waals surface area contributed by atoms with Gasteiger partial charge >= 0.3 is 0 Å². The van der Waals surface area contributed by atoms with Crippen molar-refractivity contribution in [3.8, 4) is 0 Å². The Kier molecular flexibility index (Phi) is 5.22. The van der Waals surface area contributed by atoms with Crippen molar-refractivity contribution in [3.05, 3.63) is 59.4 Å². The third-order valence-corrected chi connectivity index (χ3v) is 4.80. The van der Waals surface area contributed by atoms with E-state index in [1.165, 1.54) is 17.0 Å². The summed E-state index contributed by atoms with van der Waals surface area (Å²) in [4.78, 5) is 21.0. The van der Waals surface area contributed by atoms with Crippen LogP contribution in [0.4, 0.5) is 13.2 Å². The summed E-state index contributed by atoms with van der Waals surface area (Å²) in [5.74, 6) is -2.46. The minimum atomic E-state index is -0.973. The van der Waals surface area contributed by atoms with Gasteiger partial charge in [0.2, 0.25) is 5.91 Å². The third-order valence-electron chi connectivity index (χ3n) is 3.82. The fourth-order valence-corrected chi connectivity index (χ4v) is 3.49. The van der Waals surface area contributed by atoms with Crippen LogP contribution < -0.4 is 0 Å². The molecule has 1 atom stereocenters.